The van der Waals surface area contributed by atoms with Crippen LogP contribution in [0.25, 0.3) is 0 Å². The highest BCUT2D eigenvalue weighted by atomic mass is 79.9. The molecular formula is C14H13Br2NO4. The molecule has 1 aliphatic heterocycles. The van der Waals surface area contributed by atoms with Gasteiger partial charge in [0.1, 0.15) is 0 Å². The summed E-state index contributed by atoms with van der Waals surface area (Å²) in [7, 11) is 1.55. The highest BCUT2D eigenvalue weighted by Gasteiger charge is 2.53. The van der Waals surface area contributed by atoms with Crippen molar-refractivity contribution >= 4 is 49.4 Å². The van der Waals surface area contributed by atoms with E-state index in [1.807, 2.05) is 0 Å². The minimum atomic E-state index is -2.07. The lowest BCUT2D eigenvalue weighted by Gasteiger charge is -2.23. The van der Waals surface area contributed by atoms with Gasteiger partial charge in [-0.05, 0) is 30.1 Å². The normalized spacial score (nSPS) is 21.5. The van der Waals surface area contributed by atoms with Crippen LogP contribution in [-0.2, 0) is 19.9 Å². The van der Waals surface area contributed by atoms with E-state index in [-0.39, 0.29) is 12.2 Å². The van der Waals surface area contributed by atoms with Crippen molar-refractivity contribution in [1.29, 1.82) is 0 Å². The number of anilines is 1. The van der Waals surface area contributed by atoms with Crippen molar-refractivity contribution in [3.8, 4) is 0 Å². The Hall–Kier alpha value is -1.18. The van der Waals surface area contributed by atoms with Gasteiger partial charge in [0, 0.05) is 17.1 Å². The fourth-order valence-corrected chi connectivity index (χ4v) is 3.18. The summed E-state index contributed by atoms with van der Waals surface area (Å²) in [5, 5.41) is 11.0. The summed E-state index contributed by atoms with van der Waals surface area (Å²) in [6.07, 6.45) is 0. The minimum Gasteiger partial charge on any atom is -0.463 e. The van der Waals surface area contributed by atoms with E-state index in [9.17, 15) is 14.7 Å². The molecule has 1 N–H and O–H groups in total. The molecule has 0 saturated heterocycles. The zero-order chi connectivity index (χ0) is 15.8. The molecule has 1 heterocycles. The number of amides is 1. The molecule has 0 spiro atoms. The molecule has 2 rings (SSSR count). The molecule has 0 radical (unpaired) electrons. The number of hydrogen-bond donors (Lipinski definition) is 1. The van der Waals surface area contributed by atoms with Gasteiger partial charge in [-0.1, -0.05) is 31.9 Å². The van der Waals surface area contributed by atoms with Gasteiger partial charge in [-0.2, -0.15) is 0 Å². The van der Waals surface area contributed by atoms with Crippen molar-refractivity contribution < 1.29 is 19.4 Å². The third-order valence-electron chi connectivity index (χ3n) is 3.32. The van der Waals surface area contributed by atoms with Gasteiger partial charge in [0.25, 0.3) is 5.91 Å². The van der Waals surface area contributed by atoms with E-state index < -0.39 is 17.5 Å². The fourth-order valence-electron chi connectivity index (χ4n) is 2.30. The van der Waals surface area contributed by atoms with Gasteiger partial charge < -0.3 is 14.7 Å². The van der Waals surface area contributed by atoms with E-state index in [0.29, 0.717) is 15.7 Å². The summed E-state index contributed by atoms with van der Waals surface area (Å²) < 4.78 is 5.62. The molecule has 0 aliphatic carbocycles. The van der Waals surface area contributed by atoms with Crippen molar-refractivity contribution in [3.05, 3.63) is 38.8 Å². The molecule has 0 aromatic heterocycles. The highest BCUT2D eigenvalue weighted by molar-refractivity contribution is 9.11. The summed E-state index contributed by atoms with van der Waals surface area (Å²) in [4.78, 5) is 27.1. The highest BCUT2D eigenvalue weighted by Crippen LogP contribution is 2.45. The van der Waals surface area contributed by atoms with Crippen LogP contribution in [0.2, 0.25) is 0 Å². The number of hydrogen-bond acceptors (Lipinski definition) is 4. The number of carbonyl (C=O) groups excluding carboxylic acids is 2. The summed E-state index contributed by atoms with van der Waals surface area (Å²) in [6.45, 7) is 1.80. The zero-order valence-electron chi connectivity index (χ0n) is 11.4. The molecule has 1 unspecified atom stereocenters. The lowest BCUT2D eigenvalue weighted by atomic mass is 9.88. The van der Waals surface area contributed by atoms with Gasteiger partial charge in [0.05, 0.1) is 17.9 Å². The Bertz CT molecular complexity index is 644. The number of fused-ring (bicyclic) bond motifs is 1. The standard InChI is InChI=1S/C14H13Br2NO4/c1-3-21-12(18)10(7-15)14(20)9-6-8(16)4-5-11(9)17(2)13(14)19/h4-7,20H,3H2,1-2H3/b10-7+. The Morgan fingerprint density at radius 3 is 2.76 bits per heavy atom. The van der Waals surface area contributed by atoms with Crippen molar-refractivity contribution in [2.45, 2.75) is 12.5 Å². The summed E-state index contributed by atoms with van der Waals surface area (Å²) in [5.74, 6) is -1.35. The first kappa shape index (κ1) is 16.2. The number of aliphatic hydroxyl groups is 1. The van der Waals surface area contributed by atoms with Gasteiger partial charge in [-0.25, -0.2) is 4.79 Å². The topological polar surface area (TPSA) is 66.8 Å². The second-order valence-corrected chi connectivity index (χ2v) is 5.85. The van der Waals surface area contributed by atoms with Crippen LogP contribution in [-0.4, -0.2) is 30.6 Å². The summed E-state index contributed by atoms with van der Waals surface area (Å²) >= 11 is 6.35. The monoisotopic (exact) mass is 417 g/mol. The number of rotatable bonds is 3. The first-order valence-corrected chi connectivity index (χ1v) is 7.87. The maximum atomic E-state index is 12.5. The third-order valence-corrected chi connectivity index (χ3v) is 4.27. The second-order valence-electron chi connectivity index (χ2n) is 4.48. The predicted octanol–water partition coefficient (Wildman–Crippen LogP) is 2.46. The number of carbonyl (C=O) groups is 2. The number of nitrogens with zero attached hydrogens (tertiary/aromatic N) is 1. The van der Waals surface area contributed by atoms with Crippen LogP contribution in [0.3, 0.4) is 0 Å². The Morgan fingerprint density at radius 1 is 1.52 bits per heavy atom. The third kappa shape index (κ3) is 2.43. The molecule has 1 aliphatic rings. The largest absolute Gasteiger partial charge is 0.463 e. The van der Waals surface area contributed by atoms with Crippen molar-refractivity contribution in [2.24, 2.45) is 0 Å². The van der Waals surface area contributed by atoms with Gasteiger partial charge in [0.15, 0.2) is 0 Å². The first-order valence-electron chi connectivity index (χ1n) is 6.16. The Balaban J connectivity index is 2.64. The van der Waals surface area contributed by atoms with E-state index in [1.54, 1.807) is 32.2 Å². The number of halogens is 2. The predicted molar refractivity (Wildman–Crippen MR) is 85.1 cm³/mol. The molecule has 112 valence electrons. The van der Waals surface area contributed by atoms with E-state index in [1.165, 1.54) is 9.89 Å². The SMILES string of the molecule is CCOC(=O)/C(=C\Br)C1(O)C(=O)N(C)c2ccc(Br)cc21. The molecule has 1 aromatic carbocycles. The van der Waals surface area contributed by atoms with Crippen LogP contribution in [0, 0.1) is 0 Å². The molecule has 1 amide bonds. The van der Waals surface area contributed by atoms with Gasteiger partial charge >= 0.3 is 5.97 Å². The maximum absolute atomic E-state index is 12.5. The van der Waals surface area contributed by atoms with Crippen molar-refractivity contribution in [3.63, 3.8) is 0 Å². The zero-order valence-corrected chi connectivity index (χ0v) is 14.6. The van der Waals surface area contributed by atoms with E-state index in [2.05, 4.69) is 31.9 Å². The molecule has 1 aromatic rings. The van der Waals surface area contributed by atoms with E-state index >= 15 is 0 Å². The second kappa shape index (κ2) is 5.90. The Kier molecular flexibility index (Phi) is 4.55. The number of esters is 1. The van der Waals surface area contributed by atoms with E-state index in [4.69, 9.17) is 4.74 Å². The average molecular weight is 419 g/mol. The molecule has 0 saturated carbocycles. The lowest BCUT2D eigenvalue weighted by Crippen LogP contribution is -2.42. The quantitative estimate of drug-likeness (QED) is 0.604. The maximum Gasteiger partial charge on any atom is 0.338 e. The molecular weight excluding hydrogens is 406 g/mol. The summed E-state index contributed by atoms with van der Waals surface area (Å²) in [5.41, 5.74) is -1.34. The van der Waals surface area contributed by atoms with E-state index in [0.717, 1.165) is 0 Å². The van der Waals surface area contributed by atoms with Crippen LogP contribution < -0.4 is 4.90 Å². The van der Waals surface area contributed by atoms with Gasteiger partial charge in [-0.3, -0.25) is 4.79 Å². The average Bonchev–Trinajstić information content (AvgIpc) is 2.63. The Labute approximate surface area is 138 Å². The fraction of sp³-hybridized carbons (Fsp3) is 0.286. The number of ether oxygens (including phenoxy) is 1. The van der Waals surface area contributed by atoms with Crippen LogP contribution in [0.5, 0.6) is 0 Å². The van der Waals surface area contributed by atoms with Crippen molar-refractivity contribution in [2.75, 3.05) is 18.6 Å². The van der Waals surface area contributed by atoms with Crippen LogP contribution in [0.4, 0.5) is 5.69 Å². The molecule has 5 nitrogen and oxygen atoms in total. The first-order chi connectivity index (χ1) is 9.87. The van der Waals surface area contributed by atoms with Gasteiger partial charge in [-0.15, -0.1) is 0 Å². The van der Waals surface area contributed by atoms with Crippen LogP contribution >= 0.6 is 31.9 Å². The number of likely N-dealkylation sites (N-methyl/N-ethyl adjacent to an activating group) is 1. The molecule has 7 heteroatoms. The lowest BCUT2D eigenvalue weighted by molar-refractivity contribution is -0.145. The molecule has 0 bridgehead atoms. The van der Waals surface area contributed by atoms with Crippen molar-refractivity contribution in [1.82, 2.24) is 0 Å². The Morgan fingerprint density at radius 2 is 2.19 bits per heavy atom. The van der Waals surface area contributed by atoms with Gasteiger partial charge in [0.2, 0.25) is 5.60 Å². The minimum absolute atomic E-state index is 0.147. The van der Waals surface area contributed by atoms with Crippen LogP contribution in [0.15, 0.2) is 33.2 Å². The molecule has 21 heavy (non-hydrogen) atoms. The van der Waals surface area contributed by atoms with Crippen LogP contribution in [0.1, 0.15) is 12.5 Å². The number of benzene rings is 1. The molecule has 0 fully saturated rings. The summed E-state index contributed by atoms with van der Waals surface area (Å²) in [6, 6.07) is 5.08. The smallest absolute Gasteiger partial charge is 0.338 e. The molecule has 1 atom stereocenters.